The van der Waals surface area contributed by atoms with Crippen LogP contribution in [0.5, 0.6) is 0 Å². The van der Waals surface area contributed by atoms with E-state index in [1.54, 1.807) is 24.5 Å². The second-order valence-electron chi connectivity index (χ2n) is 6.98. The quantitative estimate of drug-likeness (QED) is 0.856. The highest BCUT2D eigenvalue weighted by Crippen LogP contribution is 2.23. The van der Waals surface area contributed by atoms with Gasteiger partial charge in [-0.05, 0) is 44.4 Å². The third-order valence-electron chi connectivity index (χ3n) is 4.42. The Balaban J connectivity index is 1.55. The van der Waals surface area contributed by atoms with Crippen LogP contribution < -0.4 is 5.73 Å². The third-order valence-corrected chi connectivity index (χ3v) is 4.42. The number of likely N-dealkylation sites (tertiary alicyclic amines) is 1. The number of hydrogen-bond acceptors (Lipinski definition) is 5. The van der Waals surface area contributed by atoms with Crippen molar-refractivity contribution >= 4 is 12.0 Å². The summed E-state index contributed by atoms with van der Waals surface area (Å²) in [4.78, 5) is 18.2. The van der Waals surface area contributed by atoms with Crippen molar-refractivity contribution in [2.45, 2.75) is 38.3 Å². The maximum absolute atomic E-state index is 12.3. The Morgan fingerprint density at radius 2 is 2.12 bits per heavy atom. The summed E-state index contributed by atoms with van der Waals surface area (Å²) < 4.78 is 1.89. The van der Waals surface area contributed by atoms with Gasteiger partial charge < -0.3 is 10.6 Å². The van der Waals surface area contributed by atoms with E-state index in [9.17, 15) is 4.79 Å². The first kappa shape index (κ1) is 17.3. The number of piperidine rings is 1. The molecule has 0 spiro atoms. The zero-order valence-electron chi connectivity index (χ0n) is 14.7. The van der Waals surface area contributed by atoms with Crippen LogP contribution in [0.25, 0.3) is 6.08 Å². The second kappa shape index (κ2) is 7.14. The van der Waals surface area contributed by atoms with Gasteiger partial charge in [0.15, 0.2) is 0 Å². The highest BCUT2D eigenvalue weighted by atomic mass is 16.2. The highest BCUT2D eigenvalue weighted by molar-refractivity contribution is 5.91. The lowest BCUT2D eigenvalue weighted by molar-refractivity contribution is -0.127. The first-order valence-electron chi connectivity index (χ1n) is 8.52. The molecule has 1 aliphatic rings. The second-order valence-corrected chi connectivity index (χ2v) is 6.98. The molecule has 0 bridgehead atoms. The van der Waals surface area contributed by atoms with Gasteiger partial charge in [0.05, 0.1) is 17.8 Å². The van der Waals surface area contributed by atoms with Crippen LogP contribution in [0.15, 0.2) is 36.8 Å². The van der Waals surface area contributed by atoms with Crippen LogP contribution in [0.4, 0.5) is 0 Å². The molecule has 3 rings (SSSR count). The molecule has 132 valence electrons. The molecule has 1 amide bonds. The summed E-state index contributed by atoms with van der Waals surface area (Å²) in [5, 5.41) is 8.38. The molecule has 7 nitrogen and oxygen atoms in total. The van der Waals surface area contributed by atoms with E-state index >= 15 is 0 Å². The molecule has 0 radical (unpaired) electrons. The van der Waals surface area contributed by atoms with Gasteiger partial charge in [0.2, 0.25) is 5.91 Å². The molecule has 0 unspecified atom stereocenters. The Bertz CT molecular complexity index is 738. The number of hydrogen-bond donors (Lipinski definition) is 1. The number of amides is 1. The molecule has 25 heavy (non-hydrogen) atoms. The zero-order valence-corrected chi connectivity index (χ0v) is 14.7. The topological polar surface area (TPSA) is 89.9 Å². The van der Waals surface area contributed by atoms with Crippen LogP contribution in [0.2, 0.25) is 0 Å². The van der Waals surface area contributed by atoms with Crippen molar-refractivity contribution in [1.82, 2.24) is 24.9 Å². The van der Waals surface area contributed by atoms with E-state index in [-0.39, 0.29) is 11.9 Å². The first-order chi connectivity index (χ1) is 11.9. The Morgan fingerprint density at radius 1 is 1.36 bits per heavy atom. The molecule has 0 aliphatic carbocycles. The minimum atomic E-state index is -0.494. The van der Waals surface area contributed by atoms with Crippen molar-refractivity contribution in [3.63, 3.8) is 0 Å². The predicted octanol–water partition coefficient (Wildman–Crippen LogP) is 1.74. The van der Waals surface area contributed by atoms with Crippen LogP contribution in [-0.2, 0) is 10.3 Å². The van der Waals surface area contributed by atoms with Crippen LogP contribution in [0.1, 0.15) is 44.0 Å². The number of rotatable bonds is 4. The standard InChI is InChI=1S/C18H24N6O/c1-18(2,19)16-13-24(22-21-16)15-7-10-23(11-8-15)17(25)6-5-14-4-3-9-20-12-14/h3-6,9,12-13,15H,7-8,10-11,19H2,1-2H3/b6-5+. The Labute approximate surface area is 147 Å². The van der Waals surface area contributed by atoms with Gasteiger partial charge in [0.1, 0.15) is 5.69 Å². The molecule has 7 heteroatoms. The number of pyridine rings is 1. The van der Waals surface area contributed by atoms with Gasteiger partial charge in [-0.15, -0.1) is 5.10 Å². The fourth-order valence-electron chi connectivity index (χ4n) is 2.85. The maximum Gasteiger partial charge on any atom is 0.246 e. The normalized spacial score (nSPS) is 16.5. The molecule has 2 aromatic heterocycles. The first-order valence-corrected chi connectivity index (χ1v) is 8.52. The van der Waals surface area contributed by atoms with Gasteiger partial charge in [-0.1, -0.05) is 11.3 Å². The average Bonchev–Trinajstić information content (AvgIpc) is 3.11. The van der Waals surface area contributed by atoms with E-state index in [2.05, 4.69) is 15.3 Å². The molecular formula is C18H24N6O. The molecule has 1 fully saturated rings. The van der Waals surface area contributed by atoms with Gasteiger partial charge in [-0.25, -0.2) is 4.68 Å². The number of carbonyl (C=O) groups excluding carboxylic acids is 1. The lowest BCUT2D eigenvalue weighted by Gasteiger charge is -2.31. The molecule has 0 atom stereocenters. The van der Waals surface area contributed by atoms with Crippen molar-refractivity contribution in [2.75, 3.05) is 13.1 Å². The van der Waals surface area contributed by atoms with E-state index in [0.717, 1.165) is 24.1 Å². The van der Waals surface area contributed by atoms with E-state index in [0.29, 0.717) is 13.1 Å². The van der Waals surface area contributed by atoms with Crippen molar-refractivity contribution < 1.29 is 4.79 Å². The predicted molar refractivity (Wildman–Crippen MR) is 95.4 cm³/mol. The average molecular weight is 340 g/mol. The Kier molecular flexibility index (Phi) is 4.94. The molecule has 3 heterocycles. The Morgan fingerprint density at radius 3 is 2.72 bits per heavy atom. The van der Waals surface area contributed by atoms with Gasteiger partial charge in [-0.3, -0.25) is 9.78 Å². The minimum absolute atomic E-state index is 0.0321. The summed E-state index contributed by atoms with van der Waals surface area (Å²) >= 11 is 0. The Hall–Kier alpha value is -2.54. The summed E-state index contributed by atoms with van der Waals surface area (Å²) in [6.45, 7) is 5.25. The number of carbonyl (C=O) groups is 1. The lowest BCUT2D eigenvalue weighted by Crippen LogP contribution is -2.38. The number of nitrogens with zero attached hydrogens (tertiary/aromatic N) is 5. The summed E-state index contributed by atoms with van der Waals surface area (Å²) in [7, 11) is 0. The number of aromatic nitrogens is 4. The van der Waals surface area contributed by atoms with Gasteiger partial charge in [0.25, 0.3) is 0 Å². The smallest absolute Gasteiger partial charge is 0.246 e. The highest BCUT2D eigenvalue weighted by Gasteiger charge is 2.25. The van der Waals surface area contributed by atoms with Crippen LogP contribution in [-0.4, -0.2) is 43.9 Å². The van der Waals surface area contributed by atoms with E-state index in [1.165, 1.54) is 0 Å². The molecule has 2 N–H and O–H groups in total. The van der Waals surface area contributed by atoms with Crippen molar-refractivity contribution in [1.29, 1.82) is 0 Å². The molecule has 0 aromatic carbocycles. The van der Waals surface area contributed by atoms with Crippen LogP contribution in [0.3, 0.4) is 0 Å². The number of nitrogens with two attached hydrogens (primary N) is 1. The van der Waals surface area contributed by atoms with Crippen LogP contribution in [0, 0.1) is 0 Å². The van der Waals surface area contributed by atoms with E-state index in [4.69, 9.17) is 5.73 Å². The molecule has 1 saturated heterocycles. The molecule has 1 aliphatic heterocycles. The minimum Gasteiger partial charge on any atom is -0.339 e. The molecule has 2 aromatic rings. The van der Waals surface area contributed by atoms with Gasteiger partial charge in [-0.2, -0.15) is 0 Å². The van der Waals surface area contributed by atoms with Crippen LogP contribution >= 0.6 is 0 Å². The van der Waals surface area contributed by atoms with Crippen molar-refractivity contribution in [3.05, 3.63) is 48.1 Å². The fraction of sp³-hybridized carbons (Fsp3) is 0.444. The van der Waals surface area contributed by atoms with Crippen molar-refractivity contribution in [3.8, 4) is 0 Å². The summed E-state index contributed by atoms with van der Waals surface area (Å²) in [6, 6.07) is 4.03. The van der Waals surface area contributed by atoms with E-state index < -0.39 is 5.54 Å². The summed E-state index contributed by atoms with van der Waals surface area (Å²) in [6.07, 6.45) is 10.5. The van der Waals surface area contributed by atoms with Gasteiger partial charge >= 0.3 is 0 Å². The SMILES string of the molecule is CC(C)(N)c1cn(C2CCN(C(=O)/C=C/c3cccnc3)CC2)nn1. The van der Waals surface area contributed by atoms with Gasteiger partial charge in [0, 0.05) is 31.6 Å². The zero-order chi connectivity index (χ0) is 17.9. The van der Waals surface area contributed by atoms with E-state index in [1.807, 2.05) is 41.8 Å². The monoisotopic (exact) mass is 340 g/mol. The summed E-state index contributed by atoms with van der Waals surface area (Å²) in [5.74, 6) is 0.0321. The maximum atomic E-state index is 12.3. The summed E-state index contributed by atoms with van der Waals surface area (Å²) in [5.41, 5.74) is 7.27. The molecular weight excluding hydrogens is 316 g/mol. The van der Waals surface area contributed by atoms with Crippen molar-refractivity contribution in [2.24, 2.45) is 5.73 Å². The fourth-order valence-corrected chi connectivity index (χ4v) is 2.85. The lowest BCUT2D eigenvalue weighted by atomic mass is 10.0. The largest absolute Gasteiger partial charge is 0.339 e. The molecule has 0 saturated carbocycles. The third kappa shape index (κ3) is 4.30.